The lowest BCUT2D eigenvalue weighted by Gasteiger charge is -2.26. The quantitative estimate of drug-likeness (QED) is 0.718. The van der Waals surface area contributed by atoms with Crippen molar-refractivity contribution in [3.63, 3.8) is 0 Å². The van der Waals surface area contributed by atoms with E-state index >= 15 is 0 Å². The number of benzene rings is 2. The van der Waals surface area contributed by atoms with Gasteiger partial charge in [0.05, 0.1) is 27.8 Å². The molecule has 2 aromatic carbocycles. The van der Waals surface area contributed by atoms with Gasteiger partial charge in [-0.05, 0) is 23.8 Å². The highest BCUT2D eigenvalue weighted by Crippen LogP contribution is 2.46. The number of halogens is 1. The van der Waals surface area contributed by atoms with Crippen LogP contribution in [0.2, 0.25) is 5.02 Å². The summed E-state index contributed by atoms with van der Waals surface area (Å²) in [7, 11) is 4.80. The molecule has 1 aliphatic rings. The zero-order valence-electron chi connectivity index (χ0n) is 15.5. The molecule has 0 N–H and O–H groups in total. The lowest BCUT2D eigenvalue weighted by Crippen LogP contribution is -2.31. The van der Waals surface area contributed by atoms with Gasteiger partial charge in [0, 0.05) is 29.0 Å². The van der Waals surface area contributed by atoms with Crippen LogP contribution < -0.4 is 14.2 Å². The number of carbonyl (C=O) groups is 1. The van der Waals surface area contributed by atoms with E-state index in [0.29, 0.717) is 35.2 Å². The van der Waals surface area contributed by atoms with Crippen LogP contribution in [-0.2, 0) is 11.2 Å². The number of thioether (sulfide) groups is 1. The third kappa shape index (κ3) is 4.28. The third-order valence-electron chi connectivity index (χ3n) is 4.48. The number of hydrogen-bond donors (Lipinski definition) is 0. The second-order valence-electron chi connectivity index (χ2n) is 6.06. The zero-order valence-corrected chi connectivity index (χ0v) is 17.1. The first-order valence-electron chi connectivity index (χ1n) is 8.52. The highest BCUT2D eigenvalue weighted by Gasteiger charge is 2.33. The standard InChI is InChI=1S/C20H22ClNO4S/c1-24-16-12-18(26-3)17(25-2)11-15(16)20-22(8-9-27-20)19(23)10-13-4-6-14(21)7-5-13/h4-7,11-12,20H,8-10H2,1-3H3. The Hall–Kier alpha value is -2.05. The van der Waals surface area contributed by atoms with E-state index in [2.05, 4.69) is 0 Å². The monoisotopic (exact) mass is 407 g/mol. The molecule has 0 saturated carbocycles. The number of nitrogens with zero attached hydrogens (tertiary/aromatic N) is 1. The first kappa shape index (κ1) is 19.7. The molecule has 1 fully saturated rings. The van der Waals surface area contributed by atoms with Crippen molar-refractivity contribution in [1.29, 1.82) is 0 Å². The molecule has 1 heterocycles. The van der Waals surface area contributed by atoms with E-state index in [1.165, 1.54) is 0 Å². The molecule has 27 heavy (non-hydrogen) atoms. The van der Waals surface area contributed by atoms with Crippen molar-refractivity contribution in [2.75, 3.05) is 33.6 Å². The van der Waals surface area contributed by atoms with Gasteiger partial charge in [0.2, 0.25) is 5.91 Å². The van der Waals surface area contributed by atoms with E-state index in [4.69, 9.17) is 25.8 Å². The zero-order chi connectivity index (χ0) is 19.4. The Balaban J connectivity index is 1.87. The fraction of sp³-hybridized carbons (Fsp3) is 0.350. The van der Waals surface area contributed by atoms with E-state index in [0.717, 1.165) is 16.9 Å². The molecule has 0 spiro atoms. The maximum Gasteiger partial charge on any atom is 0.228 e. The Labute approximate surface area is 168 Å². The molecule has 0 radical (unpaired) electrons. The van der Waals surface area contributed by atoms with Crippen LogP contribution in [0, 0.1) is 0 Å². The van der Waals surface area contributed by atoms with Crippen molar-refractivity contribution in [1.82, 2.24) is 4.90 Å². The average Bonchev–Trinajstić information content (AvgIpc) is 3.18. The molecule has 1 aliphatic heterocycles. The molecule has 0 aliphatic carbocycles. The average molecular weight is 408 g/mol. The molecule has 0 bridgehead atoms. The van der Waals surface area contributed by atoms with Gasteiger partial charge in [0.25, 0.3) is 0 Å². The van der Waals surface area contributed by atoms with Crippen LogP contribution >= 0.6 is 23.4 Å². The maximum absolute atomic E-state index is 12.9. The summed E-state index contributed by atoms with van der Waals surface area (Å²) in [6.07, 6.45) is 0.337. The predicted molar refractivity (Wildman–Crippen MR) is 108 cm³/mol. The Morgan fingerprint density at radius 2 is 1.70 bits per heavy atom. The Morgan fingerprint density at radius 1 is 1.07 bits per heavy atom. The van der Waals surface area contributed by atoms with Gasteiger partial charge in [-0.15, -0.1) is 11.8 Å². The minimum Gasteiger partial charge on any atom is -0.496 e. The van der Waals surface area contributed by atoms with Gasteiger partial charge in [-0.25, -0.2) is 0 Å². The summed E-state index contributed by atoms with van der Waals surface area (Å²) in [5, 5.41) is 0.537. The van der Waals surface area contributed by atoms with E-state index in [1.54, 1.807) is 51.3 Å². The molecular formula is C20H22ClNO4S. The highest BCUT2D eigenvalue weighted by atomic mass is 35.5. The van der Waals surface area contributed by atoms with Gasteiger partial charge >= 0.3 is 0 Å². The topological polar surface area (TPSA) is 48.0 Å². The Kier molecular flexibility index (Phi) is 6.39. The van der Waals surface area contributed by atoms with Crippen molar-refractivity contribution >= 4 is 29.3 Å². The van der Waals surface area contributed by atoms with Gasteiger partial charge in [-0.1, -0.05) is 23.7 Å². The van der Waals surface area contributed by atoms with E-state index < -0.39 is 0 Å². The lowest BCUT2D eigenvalue weighted by molar-refractivity contribution is -0.130. The first-order chi connectivity index (χ1) is 13.1. The van der Waals surface area contributed by atoms with Gasteiger partial charge < -0.3 is 19.1 Å². The number of carbonyl (C=O) groups excluding carboxylic acids is 1. The van der Waals surface area contributed by atoms with Gasteiger partial charge in [0.15, 0.2) is 11.5 Å². The molecule has 0 aromatic heterocycles. The van der Waals surface area contributed by atoms with E-state index in [9.17, 15) is 4.79 Å². The molecule has 1 unspecified atom stereocenters. The number of amides is 1. The largest absolute Gasteiger partial charge is 0.496 e. The summed E-state index contributed by atoms with van der Waals surface area (Å²) in [6, 6.07) is 11.1. The molecule has 1 atom stereocenters. The molecule has 2 aromatic rings. The van der Waals surface area contributed by atoms with Crippen molar-refractivity contribution < 1.29 is 19.0 Å². The van der Waals surface area contributed by atoms with Crippen LogP contribution in [-0.4, -0.2) is 44.4 Å². The smallest absolute Gasteiger partial charge is 0.228 e. The van der Waals surface area contributed by atoms with Gasteiger partial charge in [-0.3, -0.25) is 4.79 Å². The molecular weight excluding hydrogens is 386 g/mol. The summed E-state index contributed by atoms with van der Waals surface area (Å²) >= 11 is 7.65. The van der Waals surface area contributed by atoms with Crippen LogP contribution in [0.3, 0.4) is 0 Å². The lowest BCUT2D eigenvalue weighted by atomic mass is 10.1. The minimum absolute atomic E-state index is 0.0733. The summed E-state index contributed by atoms with van der Waals surface area (Å²) < 4.78 is 16.3. The molecule has 7 heteroatoms. The Morgan fingerprint density at radius 3 is 2.33 bits per heavy atom. The van der Waals surface area contributed by atoms with Crippen LogP contribution in [0.5, 0.6) is 17.2 Å². The first-order valence-corrected chi connectivity index (χ1v) is 9.95. The predicted octanol–water partition coefficient (Wildman–Crippen LogP) is 4.18. The number of ether oxygens (including phenoxy) is 3. The second-order valence-corrected chi connectivity index (χ2v) is 7.69. The third-order valence-corrected chi connectivity index (χ3v) is 5.98. The van der Waals surface area contributed by atoms with Crippen LogP contribution in [0.4, 0.5) is 0 Å². The van der Waals surface area contributed by atoms with Crippen LogP contribution in [0.15, 0.2) is 36.4 Å². The molecule has 3 rings (SSSR count). The molecule has 144 valence electrons. The summed E-state index contributed by atoms with van der Waals surface area (Å²) in [5.41, 5.74) is 1.85. The van der Waals surface area contributed by atoms with Crippen molar-refractivity contribution in [2.45, 2.75) is 11.8 Å². The van der Waals surface area contributed by atoms with Crippen LogP contribution in [0.1, 0.15) is 16.5 Å². The summed E-state index contributed by atoms with van der Waals surface area (Å²) in [5.74, 6) is 2.83. The van der Waals surface area contributed by atoms with E-state index in [-0.39, 0.29) is 11.3 Å². The van der Waals surface area contributed by atoms with Crippen molar-refractivity contribution in [2.24, 2.45) is 0 Å². The maximum atomic E-state index is 12.9. The van der Waals surface area contributed by atoms with Crippen molar-refractivity contribution in [3.8, 4) is 17.2 Å². The number of hydrogen-bond acceptors (Lipinski definition) is 5. The minimum atomic E-state index is -0.125. The number of methoxy groups -OCH3 is 3. The SMILES string of the molecule is COc1cc(OC)c(C2SCCN2C(=O)Cc2ccc(Cl)cc2)cc1OC. The summed E-state index contributed by atoms with van der Waals surface area (Å²) in [4.78, 5) is 14.8. The normalized spacial score (nSPS) is 16.3. The second kappa shape index (κ2) is 8.76. The fourth-order valence-corrected chi connectivity index (χ4v) is 4.53. The van der Waals surface area contributed by atoms with Gasteiger partial charge in [-0.2, -0.15) is 0 Å². The van der Waals surface area contributed by atoms with Crippen molar-refractivity contribution in [3.05, 3.63) is 52.5 Å². The highest BCUT2D eigenvalue weighted by molar-refractivity contribution is 7.99. The van der Waals surface area contributed by atoms with Crippen LogP contribution in [0.25, 0.3) is 0 Å². The number of rotatable bonds is 6. The molecule has 5 nitrogen and oxygen atoms in total. The molecule has 1 amide bonds. The molecule has 1 saturated heterocycles. The Bertz CT molecular complexity index is 812. The summed E-state index contributed by atoms with van der Waals surface area (Å²) in [6.45, 7) is 0.694. The van der Waals surface area contributed by atoms with E-state index in [1.807, 2.05) is 23.1 Å². The fourth-order valence-electron chi connectivity index (χ4n) is 3.11. The van der Waals surface area contributed by atoms with Gasteiger partial charge in [0.1, 0.15) is 11.1 Å².